The number of hydrogen-bond acceptors (Lipinski definition) is 3. The van der Waals surface area contributed by atoms with Crippen LogP contribution in [0.1, 0.15) is 44.0 Å². The molecule has 1 saturated carbocycles. The van der Waals surface area contributed by atoms with E-state index >= 15 is 0 Å². The van der Waals surface area contributed by atoms with Gasteiger partial charge in [0.15, 0.2) is 0 Å². The maximum Gasteiger partial charge on any atom is 0.320 e. The first-order valence-electron chi connectivity index (χ1n) is 8.59. The van der Waals surface area contributed by atoms with E-state index in [2.05, 4.69) is 27.6 Å². The van der Waals surface area contributed by atoms with Crippen LogP contribution < -0.4 is 10.6 Å². The smallest absolute Gasteiger partial charge is 0.320 e. The largest absolute Gasteiger partial charge is 0.337 e. The van der Waals surface area contributed by atoms with Crippen molar-refractivity contribution in [1.82, 2.24) is 20.1 Å². The van der Waals surface area contributed by atoms with E-state index in [0.717, 1.165) is 17.9 Å². The molecule has 0 radical (unpaired) electrons. The van der Waals surface area contributed by atoms with Crippen molar-refractivity contribution in [3.63, 3.8) is 0 Å². The number of aromatic nitrogens is 3. The Hall–Kier alpha value is -2.37. The first-order valence-corrected chi connectivity index (χ1v) is 8.59. The lowest BCUT2D eigenvalue weighted by Gasteiger charge is -2.15. The van der Waals surface area contributed by atoms with E-state index in [1.165, 1.54) is 25.7 Å². The summed E-state index contributed by atoms with van der Waals surface area (Å²) in [5.41, 5.74) is 2.12. The molecule has 0 bridgehead atoms. The van der Waals surface area contributed by atoms with Crippen molar-refractivity contribution in [2.75, 3.05) is 11.9 Å². The summed E-state index contributed by atoms with van der Waals surface area (Å²) < 4.78 is 1.77. The summed E-state index contributed by atoms with van der Waals surface area (Å²) in [6, 6.07) is 7.49. The molecule has 1 aliphatic rings. The molecule has 0 unspecified atom stereocenters. The molecule has 128 valence electrons. The van der Waals surface area contributed by atoms with E-state index in [0.29, 0.717) is 17.8 Å². The summed E-state index contributed by atoms with van der Waals surface area (Å²) in [5.74, 6) is 0.691. The van der Waals surface area contributed by atoms with E-state index in [-0.39, 0.29) is 6.03 Å². The molecule has 0 aliphatic heterocycles. The highest BCUT2D eigenvalue weighted by atomic mass is 16.2. The van der Waals surface area contributed by atoms with Gasteiger partial charge in [0.05, 0.1) is 17.9 Å². The third-order valence-corrected chi connectivity index (χ3v) is 4.54. The fourth-order valence-corrected chi connectivity index (χ4v) is 3.06. The van der Waals surface area contributed by atoms with Crippen molar-refractivity contribution in [2.24, 2.45) is 5.41 Å². The lowest BCUT2D eigenvalue weighted by Crippen LogP contribution is -2.34. The molecule has 3 rings (SSSR count). The Morgan fingerprint density at radius 1 is 1.38 bits per heavy atom. The van der Waals surface area contributed by atoms with E-state index in [1.54, 1.807) is 10.9 Å². The number of urea groups is 1. The van der Waals surface area contributed by atoms with Gasteiger partial charge in [0.1, 0.15) is 5.82 Å². The number of carbonyl (C=O) groups is 1. The van der Waals surface area contributed by atoms with Crippen molar-refractivity contribution in [3.8, 4) is 0 Å². The van der Waals surface area contributed by atoms with Gasteiger partial charge in [-0.1, -0.05) is 19.4 Å². The quantitative estimate of drug-likeness (QED) is 0.819. The Morgan fingerprint density at radius 3 is 2.88 bits per heavy atom. The Kier molecular flexibility index (Phi) is 4.83. The van der Waals surface area contributed by atoms with Crippen LogP contribution in [0.2, 0.25) is 0 Å². The van der Waals surface area contributed by atoms with Gasteiger partial charge in [0.2, 0.25) is 0 Å². The van der Waals surface area contributed by atoms with E-state index in [4.69, 9.17) is 0 Å². The topological polar surface area (TPSA) is 71.8 Å². The van der Waals surface area contributed by atoms with Crippen LogP contribution in [0.5, 0.6) is 0 Å². The second-order valence-electron chi connectivity index (χ2n) is 6.71. The van der Waals surface area contributed by atoms with E-state index < -0.39 is 0 Å². The zero-order valence-corrected chi connectivity index (χ0v) is 14.4. The van der Waals surface area contributed by atoms with Crippen molar-refractivity contribution in [2.45, 2.75) is 46.1 Å². The minimum atomic E-state index is -0.167. The van der Waals surface area contributed by atoms with Gasteiger partial charge in [-0.05, 0) is 43.7 Å². The van der Waals surface area contributed by atoms with Crippen LogP contribution in [-0.2, 0) is 6.54 Å². The van der Waals surface area contributed by atoms with Crippen LogP contribution in [0.3, 0.4) is 0 Å². The summed E-state index contributed by atoms with van der Waals surface area (Å²) >= 11 is 0. The van der Waals surface area contributed by atoms with Gasteiger partial charge < -0.3 is 5.32 Å². The van der Waals surface area contributed by atoms with Crippen molar-refractivity contribution in [1.29, 1.82) is 0 Å². The lowest BCUT2D eigenvalue weighted by molar-refractivity contribution is 0.248. The predicted molar refractivity (Wildman–Crippen MR) is 93.9 cm³/mol. The van der Waals surface area contributed by atoms with Gasteiger partial charge in [-0.25, -0.2) is 9.48 Å². The van der Waals surface area contributed by atoms with Crippen LogP contribution >= 0.6 is 0 Å². The first-order chi connectivity index (χ1) is 11.6. The molecule has 0 atom stereocenters. The van der Waals surface area contributed by atoms with Gasteiger partial charge in [0, 0.05) is 18.8 Å². The zero-order chi connectivity index (χ0) is 17.0. The second kappa shape index (κ2) is 7.03. The molecule has 2 heterocycles. The van der Waals surface area contributed by atoms with Gasteiger partial charge in [-0.3, -0.25) is 10.3 Å². The highest BCUT2D eigenvalue weighted by molar-refractivity contribution is 5.88. The van der Waals surface area contributed by atoms with Crippen molar-refractivity contribution >= 4 is 11.8 Å². The van der Waals surface area contributed by atoms with E-state index in [9.17, 15) is 4.79 Å². The van der Waals surface area contributed by atoms with Crippen molar-refractivity contribution < 1.29 is 4.79 Å². The van der Waals surface area contributed by atoms with Crippen LogP contribution in [-0.4, -0.2) is 27.3 Å². The number of amides is 2. The minimum absolute atomic E-state index is 0.167. The van der Waals surface area contributed by atoms with E-state index in [1.807, 2.05) is 31.2 Å². The maximum absolute atomic E-state index is 12.2. The molecule has 6 heteroatoms. The highest BCUT2D eigenvalue weighted by Crippen LogP contribution is 2.48. The minimum Gasteiger partial charge on any atom is -0.337 e. The molecule has 2 aromatic rings. The molecule has 2 N–H and O–H groups in total. The molecule has 2 aromatic heterocycles. The highest BCUT2D eigenvalue weighted by Gasteiger charge is 2.41. The molecular weight excluding hydrogens is 302 g/mol. The fourth-order valence-electron chi connectivity index (χ4n) is 3.06. The average Bonchev–Trinajstić information content (AvgIpc) is 3.25. The number of nitrogens with one attached hydrogen (secondary N) is 2. The third kappa shape index (κ3) is 4.13. The van der Waals surface area contributed by atoms with Crippen LogP contribution in [0.15, 0.2) is 30.5 Å². The molecule has 0 saturated heterocycles. The molecule has 1 fully saturated rings. The van der Waals surface area contributed by atoms with Gasteiger partial charge in [0.25, 0.3) is 0 Å². The summed E-state index contributed by atoms with van der Waals surface area (Å²) in [6.45, 7) is 5.39. The number of aryl methyl sites for hydroxylation is 1. The summed E-state index contributed by atoms with van der Waals surface area (Å²) in [5, 5.41) is 10.4. The third-order valence-electron chi connectivity index (χ3n) is 4.54. The predicted octanol–water partition coefficient (Wildman–Crippen LogP) is 3.34. The van der Waals surface area contributed by atoms with Gasteiger partial charge >= 0.3 is 6.03 Å². The molecular formula is C18H25N5O. The number of rotatable bonds is 7. The Bertz CT molecular complexity index is 691. The SMILES string of the molecule is CCCC1(CNC(=O)Nc2cc(C)nn2Cc2ccccn2)CC1. The molecule has 24 heavy (non-hydrogen) atoms. The number of carbonyl (C=O) groups excluding carboxylic acids is 1. The summed E-state index contributed by atoms with van der Waals surface area (Å²) in [6.07, 6.45) is 6.55. The second-order valence-corrected chi connectivity index (χ2v) is 6.71. The monoisotopic (exact) mass is 327 g/mol. The molecule has 6 nitrogen and oxygen atoms in total. The van der Waals surface area contributed by atoms with Crippen molar-refractivity contribution in [3.05, 3.63) is 41.9 Å². The number of anilines is 1. The summed E-state index contributed by atoms with van der Waals surface area (Å²) in [7, 11) is 0. The Morgan fingerprint density at radius 2 is 2.21 bits per heavy atom. The number of nitrogens with zero attached hydrogens (tertiary/aromatic N) is 3. The first kappa shape index (κ1) is 16.5. The molecule has 0 aromatic carbocycles. The van der Waals surface area contributed by atoms with Crippen LogP contribution in [0.4, 0.5) is 10.6 Å². The fraction of sp³-hybridized carbons (Fsp3) is 0.500. The Labute approximate surface area is 142 Å². The lowest BCUT2D eigenvalue weighted by atomic mass is 10.0. The molecule has 0 spiro atoms. The average molecular weight is 327 g/mol. The molecule has 2 amide bonds. The Balaban J connectivity index is 1.59. The normalized spacial score (nSPS) is 15.1. The zero-order valence-electron chi connectivity index (χ0n) is 14.4. The van der Waals surface area contributed by atoms with Gasteiger partial charge in [-0.2, -0.15) is 5.10 Å². The summed E-state index contributed by atoms with van der Waals surface area (Å²) in [4.78, 5) is 16.5. The van der Waals surface area contributed by atoms with Crippen LogP contribution in [0.25, 0.3) is 0 Å². The number of hydrogen-bond donors (Lipinski definition) is 2. The number of pyridine rings is 1. The van der Waals surface area contributed by atoms with Gasteiger partial charge in [-0.15, -0.1) is 0 Å². The standard InChI is InChI=1S/C18H25N5O/c1-3-7-18(8-9-18)13-20-17(24)21-16-11-14(2)22-23(16)12-15-6-4-5-10-19-15/h4-6,10-11H,3,7-9,12-13H2,1-2H3,(H2,20,21,24). The van der Waals surface area contributed by atoms with Crippen LogP contribution in [0, 0.1) is 12.3 Å². The molecule has 1 aliphatic carbocycles. The maximum atomic E-state index is 12.2.